The topological polar surface area (TPSA) is 9.72 Å². The van der Waals surface area contributed by atoms with Crippen LogP contribution < -0.4 is 25.5 Å². The van der Waals surface area contributed by atoms with Crippen molar-refractivity contribution in [3.05, 3.63) is 299 Å². The van der Waals surface area contributed by atoms with E-state index in [9.17, 15) is 0 Å². The van der Waals surface area contributed by atoms with Crippen LogP contribution in [0.25, 0.3) is 33.4 Å². The summed E-state index contributed by atoms with van der Waals surface area (Å²) in [6.45, 7) is 18.4. The molecule has 0 spiro atoms. The Kier molecular flexibility index (Phi) is 11.1. The van der Waals surface area contributed by atoms with Gasteiger partial charge in [-0.05, 0) is 161 Å². The molecule has 0 radical (unpaired) electrons. The highest BCUT2D eigenvalue weighted by molar-refractivity contribution is 6.93. The molecule has 0 atom stereocenters. The molecule has 1 aliphatic carbocycles. The molecule has 0 saturated carbocycles. The van der Waals surface area contributed by atoms with E-state index in [2.05, 4.69) is 325 Å². The van der Waals surface area contributed by atoms with Crippen molar-refractivity contribution in [2.75, 3.05) is 14.6 Å². The van der Waals surface area contributed by atoms with Crippen LogP contribution in [0, 0.1) is 0 Å². The molecule has 4 heteroatoms. The lowest BCUT2D eigenvalue weighted by molar-refractivity contribution is 0.590. The molecular weight excluding hydrogens is 990 g/mol. The van der Waals surface area contributed by atoms with E-state index in [1.807, 2.05) is 0 Å². The smallest absolute Gasteiger partial charge is 0.333 e. The lowest BCUT2D eigenvalue weighted by Crippen LogP contribution is -2.62. The van der Waals surface area contributed by atoms with Gasteiger partial charge in [-0.1, -0.05) is 243 Å². The maximum atomic E-state index is 2.71. The number of hydrogen-bond acceptors (Lipinski definition) is 3. The molecule has 11 aromatic carbocycles. The van der Waals surface area contributed by atoms with Crippen LogP contribution in [-0.2, 0) is 21.7 Å². The largest absolute Gasteiger partial charge is 0.376 e. The van der Waals surface area contributed by atoms with Gasteiger partial charge in [0.15, 0.2) is 0 Å². The predicted molar refractivity (Wildman–Crippen MR) is 347 cm³/mol. The lowest BCUT2D eigenvalue weighted by atomic mass is 9.42. The summed E-state index contributed by atoms with van der Waals surface area (Å²) in [7, 11) is 0. The molecule has 0 saturated heterocycles. The molecule has 3 nitrogen and oxygen atoms in total. The van der Waals surface area contributed by atoms with Crippen molar-refractivity contribution in [1.29, 1.82) is 0 Å². The highest BCUT2D eigenvalue weighted by Crippen LogP contribution is 2.61. The van der Waals surface area contributed by atoms with E-state index in [-0.39, 0.29) is 23.1 Å². The van der Waals surface area contributed by atoms with Gasteiger partial charge in [0.1, 0.15) is 0 Å². The number of fused-ring (bicyclic) bond motifs is 9. The zero-order valence-corrected chi connectivity index (χ0v) is 48.2. The first-order valence-electron chi connectivity index (χ1n) is 29.3. The Labute approximate surface area is 484 Å². The van der Waals surface area contributed by atoms with Gasteiger partial charge < -0.3 is 14.6 Å². The van der Waals surface area contributed by atoms with Crippen molar-refractivity contribution in [1.82, 2.24) is 0 Å². The van der Waals surface area contributed by atoms with E-state index in [0.29, 0.717) is 0 Å². The number of benzene rings is 11. The molecule has 3 aliphatic heterocycles. The van der Waals surface area contributed by atoms with Crippen molar-refractivity contribution < 1.29 is 0 Å². The van der Waals surface area contributed by atoms with Gasteiger partial charge in [-0.15, -0.1) is 0 Å². The summed E-state index contributed by atoms with van der Waals surface area (Å²) >= 11 is 0. The van der Waals surface area contributed by atoms with Crippen molar-refractivity contribution in [3.63, 3.8) is 0 Å². The summed E-state index contributed by atoms with van der Waals surface area (Å²) in [5, 5.41) is 0. The van der Waals surface area contributed by atoms with Crippen molar-refractivity contribution in [3.8, 4) is 33.4 Å². The van der Waals surface area contributed by atoms with Gasteiger partial charge in [-0.3, -0.25) is 0 Å². The molecule has 3 heterocycles. The van der Waals surface area contributed by atoms with E-state index in [1.54, 1.807) is 0 Å². The third-order valence-electron chi connectivity index (χ3n) is 18.6. The third kappa shape index (κ3) is 7.36. The minimum atomic E-state index is -0.653. The zero-order chi connectivity index (χ0) is 55.9. The maximum Gasteiger partial charge on any atom is 0.333 e. The fraction of sp³-hybridized carbons (Fsp3) is 0.154. The predicted octanol–water partition coefficient (Wildman–Crippen LogP) is 19.1. The van der Waals surface area contributed by atoms with Gasteiger partial charge in [0.05, 0.1) is 11.1 Å². The molecule has 82 heavy (non-hydrogen) atoms. The quantitative estimate of drug-likeness (QED) is 0.147. The molecule has 396 valence electrons. The Balaban J connectivity index is 1.08. The van der Waals surface area contributed by atoms with Crippen LogP contribution in [0.1, 0.15) is 99.9 Å². The summed E-state index contributed by atoms with van der Waals surface area (Å²) in [5.74, 6) is 0. The van der Waals surface area contributed by atoms with Gasteiger partial charge >= 0.3 is 6.85 Å². The second kappa shape index (κ2) is 18.2. The lowest BCUT2D eigenvalue weighted by Gasteiger charge is -2.52. The van der Waals surface area contributed by atoms with E-state index in [0.717, 1.165) is 22.7 Å². The average Bonchev–Trinajstić information content (AvgIpc) is 2.80. The first-order valence-corrected chi connectivity index (χ1v) is 29.3. The van der Waals surface area contributed by atoms with Crippen molar-refractivity contribution >= 4 is 63.3 Å². The Morgan fingerprint density at radius 2 is 0.915 bits per heavy atom. The average molecular weight is 1060 g/mol. The number of hydrogen-bond donors (Lipinski definition) is 0. The SMILES string of the molecule is CC(C)(C)c1ccc(N(c2ccc(C(C)(C)C)cc2)c2cc3c4c(c2)N2c5ccccc5C(c5ccccc5)(c5ccccc5)c5cccc(c52)B4N(c2ccc(-c4ccccc4)cc2)c2cc4c(cc2-3)-c2ccccc2C4(C)C)cc1. The van der Waals surface area contributed by atoms with E-state index < -0.39 is 5.41 Å². The van der Waals surface area contributed by atoms with Gasteiger partial charge in [0.25, 0.3) is 0 Å². The fourth-order valence-corrected chi connectivity index (χ4v) is 14.6. The molecule has 15 rings (SSSR count). The molecule has 0 amide bonds. The van der Waals surface area contributed by atoms with Crippen molar-refractivity contribution in [2.45, 2.75) is 77.0 Å². The van der Waals surface area contributed by atoms with Crippen LogP contribution in [-0.4, -0.2) is 6.85 Å². The minimum absolute atomic E-state index is 0.00487. The number of nitrogens with zero attached hydrogens (tertiary/aromatic N) is 3. The summed E-state index contributed by atoms with van der Waals surface area (Å²) in [5.41, 5.74) is 28.8. The number of anilines is 8. The van der Waals surface area contributed by atoms with Gasteiger partial charge in [0, 0.05) is 50.8 Å². The summed E-state index contributed by atoms with van der Waals surface area (Å²) in [6, 6.07) is 97.2. The summed E-state index contributed by atoms with van der Waals surface area (Å²) in [4.78, 5) is 7.89. The van der Waals surface area contributed by atoms with Crippen LogP contribution in [0.15, 0.2) is 255 Å². The molecule has 0 fully saturated rings. The van der Waals surface area contributed by atoms with Crippen LogP contribution in [0.2, 0.25) is 0 Å². The summed E-state index contributed by atoms with van der Waals surface area (Å²) in [6.07, 6.45) is 0. The van der Waals surface area contributed by atoms with Gasteiger partial charge in [0.2, 0.25) is 0 Å². The first-order chi connectivity index (χ1) is 39.7. The Morgan fingerprint density at radius 3 is 1.52 bits per heavy atom. The van der Waals surface area contributed by atoms with Crippen molar-refractivity contribution in [2.24, 2.45) is 0 Å². The Bertz CT molecular complexity index is 4210. The van der Waals surface area contributed by atoms with E-state index in [1.165, 1.54) is 112 Å². The molecule has 0 N–H and O–H groups in total. The maximum absolute atomic E-state index is 2.71. The zero-order valence-electron chi connectivity index (χ0n) is 48.2. The van der Waals surface area contributed by atoms with Crippen LogP contribution in [0.4, 0.5) is 45.5 Å². The highest BCUT2D eigenvalue weighted by Gasteiger charge is 2.53. The van der Waals surface area contributed by atoms with Crippen LogP contribution >= 0.6 is 0 Å². The van der Waals surface area contributed by atoms with E-state index >= 15 is 0 Å². The van der Waals surface area contributed by atoms with E-state index in [4.69, 9.17) is 0 Å². The molecular formula is C78H66BN3. The third-order valence-corrected chi connectivity index (χ3v) is 18.6. The second-order valence-electron chi connectivity index (χ2n) is 25.7. The van der Waals surface area contributed by atoms with Gasteiger partial charge in [-0.25, -0.2) is 0 Å². The molecule has 4 aliphatic rings. The second-order valence-corrected chi connectivity index (χ2v) is 25.7. The first kappa shape index (κ1) is 49.9. The molecule has 11 aromatic rings. The van der Waals surface area contributed by atoms with Crippen LogP contribution in [0.3, 0.4) is 0 Å². The van der Waals surface area contributed by atoms with Crippen LogP contribution in [0.5, 0.6) is 0 Å². The number of rotatable bonds is 7. The minimum Gasteiger partial charge on any atom is -0.376 e. The Morgan fingerprint density at radius 1 is 0.378 bits per heavy atom. The normalized spacial score (nSPS) is 14.7. The molecule has 0 bridgehead atoms. The standard InChI is InChI=1S/C78H66BN3/c1-75(2,3)53-37-43-57(44-38-53)80(58-45-39-54(40-46-58)76(4,5)6)60-47-64-63-49-62-61-29-18-19-30-65(61)77(7,8)68(62)50-71(63)82(59-41-35-52(36-42-59)51-23-12-9-13-24-51)79-69-33-22-32-67-74(69)81(72(48-60)73(64)79)70-34-21-20-31-66(70)78(67,55-25-14-10-15-26-55)56-27-16-11-17-28-56/h9-50H,1-8H3. The number of para-hydroxylation sites is 2. The monoisotopic (exact) mass is 1060 g/mol. The van der Waals surface area contributed by atoms with Gasteiger partial charge in [-0.2, -0.15) is 0 Å². The molecule has 0 aromatic heterocycles. The fourth-order valence-electron chi connectivity index (χ4n) is 14.6. The highest BCUT2D eigenvalue weighted by atomic mass is 15.2. The Hall–Kier alpha value is -9.12. The summed E-state index contributed by atoms with van der Waals surface area (Å²) < 4.78 is 0. The molecule has 0 unspecified atom stereocenters.